The van der Waals surface area contributed by atoms with Crippen LogP contribution in [-0.2, 0) is 19.4 Å². The molecule has 10 heteroatoms. The summed E-state index contributed by atoms with van der Waals surface area (Å²) >= 11 is 7.02. The number of carbonyl (C=O) groups excluding carboxylic acids is 1. The van der Waals surface area contributed by atoms with Gasteiger partial charge < -0.3 is 9.47 Å². The highest BCUT2D eigenvalue weighted by molar-refractivity contribution is 8.00. The molecular formula is C33H31ClN2O5S2. The first-order valence-corrected chi connectivity index (χ1v) is 16.9. The van der Waals surface area contributed by atoms with Gasteiger partial charge in [0, 0.05) is 16.1 Å². The molecule has 1 unspecified atom stereocenters. The van der Waals surface area contributed by atoms with E-state index in [1.54, 1.807) is 24.3 Å². The van der Waals surface area contributed by atoms with Crippen LogP contribution in [0.4, 0.5) is 0 Å². The van der Waals surface area contributed by atoms with E-state index in [-0.39, 0.29) is 23.9 Å². The molecule has 0 aliphatic heterocycles. The summed E-state index contributed by atoms with van der Waals surface area (Å²) in [4.78, 5) is 17.8. The van der Waals surface area contributed by atoms with Crippen molar-refractivity contribution in [2.45, 2.75) is 30.9 Å². The summed E-state index contributed by atoms with van der Waals surface area (Å²) in [5.74, 6) is -0.713. The third-order valence-corrected chi connectivity index (χ3v) is 9.37. The second-order valence-electron chi connectivity index (χ2n) is 9.71. The number of benzene rings is 3. The first kappa shape index (κ1) is 32.1. The van der Waals surface area contributed by atoms with Gasteiger partial charge in [-0.05, 0) is 42.3 Å². The normalized spacial score (nSPS) is 11.8. The smallest absolute Gasteiger partial charge is 0.316 e. The van der Waals surface area contributed by atoms with Gasteiger partial charge in [-0.15, -0.1) is 0 Å². The van der Waals surface area contributed by atoms with E-state index < -0.39 is 21.9 Å². The van der Waals surface area contributed by atoms with Gasteiger partial charge in [0.1, 0.15) is 29.6 Å². The molecule has 0 aliphatic carbocycles. The van der Waals surface area contributed by atoms with Crippen LogP contribution in [0.2, 0.25) is 5.02 Å². The van der Waals surface area contributed by atoms with Crippen LogP contribution in [0.5, 0.6) is 5.75 Å². The number of unbranched alkanes of at least 4 members (excludes halogenated alkanes) is 1. The summed E-state index contributed by atoms with van der Waals surface area (Å²) in [5.41, 5.74) is 3.41. The largest absolute Gasteiger partial charge is 0.490 e. The van der Waals surface area contributed by atoms with Crippen molar-refractivity contribution < 1.29 is 22.7 Å². The molecule has 0 saturated carbocycles. The number of sulfone groups is 1. The fourth-order valence-corrected chi connectivity index (χ4v) is 6.79. The van der Waals surface area contributed by atoms with Gasteiger partial charge in [-0.1, -0.05) is 97.4 Å². The highest BCUT2D eigenvalue weighted by Gasteiger charge is 2.24. The van der Waals surface area contributed by atoms with E-state index in [9.17, 15) is 18.5 Å². The fraction of sp³-hybridized carbons (Fsp3) is 0.242. The standard InChI is InChI=1S/C33H31ClN2O5S2/c1-2-3-18-43(38,39)23-28(21-40-27-16-14-26(34)15-17-27)41-32(37)22-42-33-30(20-35)29(24-10-6-4-7-11-24)19-31(36-33)25-12-8-5-9-13-25/h4-17,19,28H,2-3,18,21-23H2,1H3. The molecular weight excluding hydrogens is 604 g/mol. The first-order chi connectivity index (χ1) is 20.8. The van der Waals surface area contributed by atoms with Crippen molar-refractivity contribution in [2.24, 2.45) is 0 Å². The summed E-state index contributed by atoms with van der Waals surface area (Å²) in [7, 11) is -3.49. The fourth-order valence-electron chi connectivity index (χ4n) is 4.25. The maximum Gasteiger partial charge on any atom is 0.316 e. The number of thioether (sulfide) groups is 1. The molecule has 0 amide bonds. The molecule has 43 heavy (non-hydrogen) atoms. The van der Waals surface area contributed by atoms with Crippen molar-refractivity contribution in [3.8, 4) is 34.2 Å². The minimum absolute atomic E-state index is 0.00274. The highest BCUT2D eigenvalue weighted by Crippen LogP contribution is 2.34. The van der Waals surface area contributed by atoms with Crippen molar-refractivity contribution in [3.63, 3.8) is 0 Å². The van der Waals surface area contributed by atoms with Gasteiger partial charge in [0.15, 0.2) is 9.84 Å². The number of nitriles is 1. The predicted molar refractivity (Wildman–Crippen MR) is 171 cm³/mol. The second kappa shape index (κ2) is 15.6. The lowest BCUT2D eigenvalue weighted by Crippen LogP contribution is -2.33. The van der Waals surface area contributed by atoms with Crippen LogP contribution in [0.3, 0.4) is 0 Å². The van der Waals surface area contributed by atoms with Crippen molar-refractivity contribution in [1.82, 2.24) is 4.98 Å². The quantitative estimate of drug-likeness (QED) is 0.106. The van der Waals surface area contributed by atoms with E-state index >= 15 is 0 Å². The molecule has 4 aromatic rings. The van der Waals surface area contributed by atoms with E-state index in [1.807, 2.05) is 73.7 Å². The third-order valence-electron chi connectivity index (χ3n) is 6.38. The van der Waals surface area contributed by atoms with Crippen molar-refractivity contribution >= 4 is 39.2 Å². The Balaban J connectivity index is 1.55. The molecule has 1 atom stereocenters. The number of pyridine rings is 1. The zero-order chi connectivity index (χ0) is 30.7. The van der Waals surface area contributed by atoms with Crippen molar-refractivity contribution in [3.05, 3.63) is 102 Å². The zero-order valence-electron chi connectivity index (χ0n) is 23.6. The molecule has 0 spiro atoms. The molecule has 0 radical (unpaired) electrons. The summed E-state index contributed by atoms with van der Waals surface area (Å²) < 4.78 is 36.8. The van der Waals surface area contributed by atoms with Crippen LogP contribution < -0.4 is 4.74 Å². The van der Waals surface area contributed by atoms with Crippen LogP contribution in [0.15, 0.2) is 96.0 Å². The molecule has 0 fully saturated rings. The average Bonchev–Trinajstić information content (AvgIpc) is 3.02. The van der Waals surface area contributed by atoms with E-state index in [0.717, 1.165) is 29.3 Å². The number of rotatable bonds is 14. The molecule has 1 heterocycles. The minimum atomic E-state index is -3.49. The molecule has 7 nitrogen and oxygen atoms in total. The molecule has 222 valence electrons. The third kappa shape index (κ3) is 9.58. The van der Waals surface area contributed by atoms with Crippen LogP contribution in [0.1, 0.15) is 25.3 Å². The Kier molecular flexibility index (Phi) is 11.6. The first-order valence-electron chi connectivity index (χ1n) is 13.7. The Morgan fingerprint density at radius 1 is 1.00 bits per heavy atom. The number of carbonyl (C=O) groups is 1. The Labute approximate surface area is 261 Å². The molecule has 0 bridgehead atoms. The maximum absolute atomic E-state index is 13.1. The summed E-state index contributed by atoms with van der Waals surface area (Å²) in [6.45, 7) is 1.76. The van der Waals surface area contributed by atoms with Crippen molar-refractivity contribution in [1.29, 1.82) is 5.26 Å². The topological polar surface area (TPSA) is 106 Å². The van der Waals surface area contributed by atoms with E-state index in [1.165, 1.54) is 0 Å². The van der Waals surface area contributed by atoms with Gasteiger partial charge in [0.25, 0.3) is 0 Å². The number of hydrogen-bond donors (Lipinski definition) is 0. The molecule has 1 aromatic heterocycles. The molecule has 4 rings (SSSR count). The van der Waals surface area contributed by atoms with Gasteiger partial charge in [0.05, 0.1) is 28.5 Å². The van der Waals surface area contributed by atoms with Gasteiger partial charge >= 0.3 is 5.97 Å². The Morgan fingerprint density at radius 3 is 2.28 bits per heavy atom. The average molecular weight is 635 g/mol. The molecule has 0 N–H and O–H groups in total. The molecule has 3 aromatic carbocycles. The Hall–Kier alpha value is -3.84. The Bertz CT molecular complexity index is 1660. The van der Waals surface area contributed by atoms with Crippen LogP contribution in [0.25, 0.3) is 22.4 Å². The SMILES string of the molecule is CCCCS(=O)(=O)CC(COc1ccc(Cl)cc1)OC(=O)CSc1nc(-c2ccccc2)cc(-c2ccccc2)c1C#N. The monoisotopic (exact) mass is 634 g/mol. The summed E-state index contributed by atoms with van der Waals surface area (Å²) in [6.07, 6.45) is 0.216. The van der Waals surface area contributed by atoms with E-state index in [2.05, 4.69) is 6.07 Å². The van der Waals surface area contributed by atoms with E-state index in [0.29, 0.717) is 39.0 Å². The molecule has 0 aliphatic rings. The van der Waals surface area contributed by atoms with Gasteiger partial charge in [-0.3, -0.25) is 4.79 Å². The van der Waals surface area contributed by atoms with Gasteiger partial charge in [0.2, 0.25) is 0 Å². The number of aromatic nitrogens is 1. The predicted octanol–water partition coefficient (Wildman–Crippen LogP) is 7.24. The maximum atomic E-state index is 13.1. The van der Waals surface area contributed by atoms with E-state index in [4.69, 9.17) is 26.1 Å². The number of esters is 1. The number of hydrogen-bond acceptors (Lipinski definition) is 8. The number of ether oxygens (including phenoxy) is 2. The lowest BCUT2D eigenvalue weighted by atomic mass is 9.99. The summed E-state index contributed by atoms with van der Waals surface area (Å²) in [6, 6.07) is 29.8. The highest BCUT2D eigenvalue weighted by atomic mass is 35.5. The van der Waals surface area contributed by atoms with Crippen LogP contribution in [0, 0.1) is 11.3 Å². The lowest BCUT2D eigenvalue weighted by molar-refractivity contribution is -0.146. The lowest BCUT2D eigenvalue weighted by Gasteiger charge is -2.19. The van der Waals surface area contributed by atoms with Gasteiger partial charge in [-0.25, -0.2) is 13.4 Å². The van der Waals surface area contributed by atoms with Crippen LogP contribution >= 0.6 is 23.4 Å². The second-order valence-corrected chi connectivity index (χ2v) is 13.3. The summed E-state index contributed by atoms with van der Waals surface area (Å²) in [5, 5.41) is 11.0. The Morgan fingerprint density at radius 2 is 1.65 bits per heavy atom. The molecule has 0 saturated heterocycles. The van der Waals surface area contributed by atoms with Crippen LogP contribution in [-0.4, -0.2) is 49.3 Å². The number of halogens is 1. The van der Waals surface area contributed by atoms with Gasteiger partial charge in [-0.2, -0.15) is 5.26 Å². The van der Waals surface area contributed by atoms with Crippen molar-refractivity contribution in [2.75, 3.05) is 23.9 Å². The minimum Gasteiger partial charge on any atom is -0.490 e. The number of nitrogens with zero attached hydrogens (tertiary/aromatic N) is 2. The zero-order valence-corrected chi connectivity index (χ0v) is 26.0.